The summed E-state index contributed by atoms with van der Waals surface area (Å²) >= 11 is 6.05. The molecular weight excluding hydrogens is 486 g/mol. The number of carbonyl (C=O) groups excluding carboxylic acids is 1. The Kier molecular flexibility index (Phi) is 6.88. The Morgan fingerprint density at radius 2 is 1.86 bits per heavy atom. The molecule has 2 aromatic carbocycles. The molecule has 1 amide bonds. The summed E-state index contributed by atoms with van der Waals surface area (Å²) in [4.78, 5) is 17.6. The number of hydrogen-bond donors (Lipinski definition) is 1. The summed E-state index contributed by atoms with van der Waals surface area (Å²) in [6, 6.07) is 12.5. The molecule has 0 bridgehead atoms. The second kappa shape index (κ2) is 9.91. The first-order valence-corrected chi connectivity index (χ1v) is 14.0. The number of rotatable bonds is 6. The molecule has 1 N–H and O–H groups in total. The largest absolute Gasteiger partial charge is 0.440 e. The molecule has 3 aromatic rings. The van der Waals surface area contributed by atoms with Crippen LogP contribution in [0.4, 0.5) is 0 Å². The van der Waals surface area contributed by atoms with E-state index in [4.69, 9.17) is 16.0 Å². The van der Waals surface area contributed by atoms with Gasteiger partial charge in [0, 0.05) is 36.5 Å². The molecule has 2 aliphatic rings. The molecule has 2 fully saturated rings. The van der Waals surface area contributed by atoms with Gasteiger partial charge in [0.05, 0.1) is 4.90 Å². The molecule has 0 radical (unpaired) electrons. The number of benzene rings is 2. The van der Waals surface area contributed by atoms with Gasteiger partial charge in [0.1, 0.15) is 5.52 Å². The molecule has 1 unspecified atom stereocenters. The average molecular weight is 516 g/mol. The maximum atomic E-state index is 12.9. The number of halogens is 1. The number of carbonyl (C=O) groups is 1. The van der Waals surface area contributed by atoms with Crippen LogP contribution >= 0.6 is 11.6 Å². The Morgan fingerprint density at radius 1 is 1.11 bits per heavy atom. The lowest BCUT2D eigenvalue weighted by molar-refractivity contribution is -0.122. The lowest BCUT2D eigenvalue weighted by Gasteiger charge is -2.27. The topological polar surface area (TPSA) is 92.5 Å². The van der Waals surface area contributed by atoms with Gasteiger partial charge in [-0.1, -0.05) is 29.3 Å². The molecule has 2 heterocycles. The van der Waals surface area contributed by atoms with Gasteiger partial charge in [-0.3, -0.25) is 4.79 Å². The SMILES string of the molecule is Cc1ccc(S(=O)(=O)N2CCC(CC(=O)NC3CCC(c4nc5cc(Cl)ccc5o4)CC3)C2)cc1. The van der Waals surface area contributed by atoms with Crippen molar-refractivity contribution in [2.45, 2.75) is 62.3 Å². The van der Waals surface area contributed by atoms with Gasteiger partial charge in [-0.25, -0.2) is 13.4 Å². The molecule has 1 aromatic heterocycles. The fourth-order valence-electron chi connectivity index (χ4n) is 5.17. The first-order chi connectivity index (χ1) is 16.8. The Morgan fingerprint density at radius 3 is 2.60 bits per heavy atom. The van der Waals surface area contributed by atoms with E-state index < -0.39 is 10.0 Å². The minimum atomic E-state index is -3.52. The van der Waals surface area contributed by atoms with Crippen molar-refractivity contribution >= 4 is 38.6 Å². The number of amides is 1. The van der Waals surface area contributed by atoms with E-state index in [1.165, 1.54) is 4.31 Å². The van der Waals surface area contributed by atoms with Gasteiger partial charge in [-0.05, 0) is 75.3 Å². The third-order valence-electron chi connectivity index (χ3n) is 7.19. The maximum Gasteiger partial charge on any atom is 0.243 e. The predicted molar refractivity (Wildman–Crippen MR) is 135 cm³/mol. The summed E-state index contributed by atoms with van der Waals surface area (Å²) in [6.45, 7) is 2.77. The van der Waals surface area contributed by atoms with Crippen molar-refractivity contribution in [2.75, 3.05) is 13.1 Å². The second-order valence-corrected chi connectivity index (χ2v) is 12.2. The minimum absolute atomic E-state index is 0.00420. The molecule has 35 heavy (non-hydrogen) atoms. The zero-order valence-corrected chi connectivity index (χ0v) is 21.3. The number of sulfonamides is 1. The van der Waals surface area contributed by atoms with Crippen molar-refractivity contribution in [1.82, 2.24) is 14.6 Å². The van der Waals surface area contributed by atoms with Gasteiger partial charge < -0.3 is 9.73 Å². The Hall–Kier alpha value is -2.42. The van der Waals surface area contributed by atoms with Crippen LogP contribution in [0, 0.1) is 12.8 Å². The normalized spacial score (nSPS) is 23.5. The standard InChI is InChI=1S/C26H30ClN3O4S/c1-17-2-9-22(10-3-17)35(32,33)30-13-12-18(16-30)14-25(31)28-21-7-4-19(5-8-21)26-29-23-15-20(27)6-11-24(23)34-26/h2-3,6,9-11,15,18-19,21H,4-5,7-8,12-14,16H2,1H3,(H,28,31). The molecule has 9 heteroatoms. The summed E-state index contributed by atoms with van der Waals surface area (Å²) in [6.07, 6.45) is 4.59. The number of aryl methyl sites for hydroxylation is 1. The predicted octanol–water partition coefficient (Wildman–Crippen LogP) is 5.03. The van der Waals surface area contributed by atoms with E-state index in [0.29, 0.717) is 35.8 Å². The van der Waals surface area contributed by atoms with Gasteiger partial charge in [-0.2, -0.15) is 4.31 Å². The van der Waals surface area contributed by atoms with Gasteiger partial charge in [0.25, 0.3) is 0 Å². The summed E-state index contributed by atoms with van der Waals surface area (Å²) in [5.74, 6) is 1.03. The van der Waals surface area contributed by atoms with Crippen LogP contribution in [0.3, 0.4) is 0 Å². The third kappa shape index (κ3) is 5.39. The molecule has 1 saturated heterocycles. The van der Waals surface area contributed by atoms with E-state index >= 15 is 0 Å². The van der Waals surface area contributed by atoms with Crippen LogP contribution in [0.1, 0.15) is 55.9 Å². The zero-order chi connectivity index (χ0) is 24.6. The number of aromatic nitrogens is 1. The van der Waals surface area contributed by atoms with Crippen molar-refractivity contribution in [3.05, 3.63) is 58.9 Å². The molecule has 1 saturated carbocycles. The maximum absolute atomic E-state index is 12.9. The first-order valence-electron chi connectivity index (χ1n) is 12.2. The monoisotopic (exact) mass is 515 g/mol. The number of nitrogens with one attached hydrogen (secondary N) is 1. The van der Waals surface area contributed by atoms with Gasteiger partial charge in [0.2, 0.25) is 15.9 Å². The highest BCUT2D eigenvalue weighted by Gasteiger charge is 2.34. The van der Waals surface area contributed by atoms with Crippen molar-refractivity contribution in [3.8, 4) is 0 Å². The zero-order valence-electron chi connectivity index (χ0n) is 19.7. The fourth-order valence-corrected chi connectivity index (χ4v) is 6.87. The molecular formula is C26H30ClN3O4S. The van der Waals surface area contributed by atoms with Crippen LogP contribution in [-0.2, 0) is 14.8 Å². The van der Waals surface area contributed by atoms with Crippen LogP contribution in [-0.4, -0.2) is 42.7 Å². The molecule has 5 rings (SSSR count). The van der Waals surface area contributed by atoms with E-state index in [1.807, 2.05) is 31.2 Å². The second-order valence-electron chi connectivity index (χ2n) is 9.82. The van der Waals surface area contributed by atoms with Gasteiger partial charge in [-0.15, -0.1) is 0 Å². The quantitative estimate of drug-likeness (QED) is 0.497. The van der Waals surface area contributed by atoms with Crippen LogP contribution in [0.5, 0.6) is 0 Å². The molecule has 0 spiro atoms. The van der Waals surface area contributed by atoms with E-state index in [-0.39, 0.29) is 23.8 Å². The van der Waals surface area contributed by atoms with Crippen LogP contribution in [0.15, 0.2) is 51.8 Å². The Bertz CT molecular complexity index is 1310. The molecule has 7 nitrogen and oxygen atoms in total. The van der Waals surface area contributed by atoms with E-state index in [0.717, 1.165) is 48.2 Å². The smallest absolute Gasteiger partial charge is 0.243 e. The molecule has 1 aliphatic carbocycles. The van der Waals surface area contributed by atoms with Crippen molar-refractivity contribution in [1.29, 1.82) is 0 Å². The Labute approximate surface area is 210 Å². The first kappa shape index (κ1) is 24.3. The van der Waals surface area contributed by atoms with Gasteiger partial charge >= 0.3 is 0 Å². The van der Waals surface area contributed by atoms with Crippen molar-refractivity contribution < 1.29 is 17.6 Å². The average Bonchev–Trinajstić information content (AvgIpc) is 3.47. The third-order valence-corrected chi connectivity index (χ3v) is 9.30. The summed E-state index contributed by atoms with van der Waals surface area (Å²) < 4.78 is 33.3. The van der Waals surface area contributed by atoms with E-state index in [1.54, 1.807) is 18.2 Å². The minimum Gasteiger partial charge on any atom is -0.440 e. The molecule has 186 valence electrons. The number of oxazole rings is 1. The van der Waals surface area contributed by atoms with Crippen LogP contribution in [0.25, 0.3) is 11.1 Å². The highest BCUT2D eigenvalue weighted by atomic mass is 35.5. The lowest BCUT2D eigenvalue weighted by atomic mass is 9.86. The van der Waals surface area contributed by atoms with Crippen molar-refractivity contribution in [3.63, 3.8) is 0 Å². The molecule has 1 aliphatic heterocycles. The highest BCUT2D eigenvalue weighted by molar-refractivity contribution is 7.89. The van der Waals surface area contributed by atoms with Crippen LogP contribution < -0.4 is 5.32 Å². The number of hydrogen-bond acceptors (Lipinski definition) is 5. The van der Waals surface area contributed by atoms with Crippen LogP contribution in [0.2, 0.25) is 5.02 Å². The summed E-state index contributed by atoms with van der Waals surface area (Å²) in [5, 5.41) is 3.81. The van der Waals surface area contributed by atoms with Crippen molar-refractivity contribution in [2.24, 2.45) is 5.92 Å². The van der Waals surface area contributed by atoms with E-state index in [2.05, 4.69) is 10.3 Å². The number of fused-ring (bicyclic) bond motifs is 1. The van der Waals surface area contributed by atoms with Gasteiger partial charge in [0.15, 0.2) is 11.5 Å². The Balaban J connectivity index is 1.10. The highest BCUT2D eigenvalue weighted by Crippen LogP contribution is 2.35. The summed E-state index contributed by atoms with van der Waals surface area (Å²) in [7, 11) is -3.52. The number of nitrogens with zero attached hydrogens (tertiary/aromatic N) is 2. The van der Waals surface area contributed by atoms with E-state index in [9.17, 15) is 13.2 Å². The fraction of sp³-hybridized carbons (Fsp3) is 0.462. The lowest BCUT2D eigenvalue weighted by Crippen LogP contribution is -2.38. The molecule has 1 atom stereocenters. The summed E-state index contributed by atoms with van der Waals surface area (Å²) in [5.41, 5.74) is 2.54.